The number of carbonyl (C=O) groups excluding carboxylic acids is 1. The van der Waals surface area contributed by atoms with Gasteiger partial charge < -0.3 is 92.1 Å². The molecule has 1 saturated heterocycles. The average molecular weight is 1080 g/mol. The maximum Gasteiger partial charge on any atom is 0.311 e. The highest BCUT2D eigenvalue weighted by molar-refractivity contribution is 5.75. The van der Waals surface area contributed by atoms with Gasteiger partial charge in [-0.05, 0) is 134 Å². The normalized spacial score (nSPS) is 38.7. The zero-order valence-electron chi connectivity index (χ0n) is 46.0. The van der Waals surface area contributed by atoms with Crippen molar-refractivity contribution in [1.82, 2.24) is 0 Å². The standard InChI is InChI=1S/C55H103N3O17/c1-7-8-19-43-49(69)33(3)22-23-38(61)17-11-16-37(60)18-12-20-44(66)34(4)26-47(73-54-51(71)50(70)48(31-59)74-54)46(68)30-42(65)29-41(64)28-40(63)27-39(62)15-10-9-14-32(2)25-35(5)52(75-53(43)72)36(6)45(67)21-13-24-58-55(56)57/h25-26,33,35-52,54,59-71H,7-24,27-31H2,1-6H3,(H4,56,57,58)/b32-25+,34-26+. The zero-order chi connectivity index (χ0) is 56.4. The number of hydrogen-bond donors (Lipinski definition) is 15. The molecule has 0 aromatic heterocycles. The third kappa shape index (κ3) is 26.4. The number of nitrogens with two attached hydrogens (primary N) is 2. The van der Waals surface area contributed by atoms with Crippen LogP contribution in [-0.2, 0) is 19.0 Å². The summed E-state index contributed by atoms with van der Waals surface area (Å²) < 4.78 is 17.7. The molecule has 0 saturated carbocycles. The Kier molecular flexibility index (Phi) is 33.7. The molecule has 0 radical (unpaired) electrons. The van der Waals surface area contributed by atoms with Gasteiger partial charge in [-0.3, -0.25) is 9.79 Å². The lowest BCUT2D eigenvalue weighted by atomic mass is 9.84. The fraction of sp³-hybridized carbons (Fsp3) is 0.891. The average Bonchev–Trinajstić information content (AvgIpc) is 3.61. The predicted octanol–water partition coefficient (Wildman–Crippen LogP) is 2.25. The number of rotatable bonds is 12. The first-order valence-corrected chi connectivity index (χ1v) is 28.1. The number of aliphatic imine (C=N–C) groups is 1. The topological polar surface area (TPSA) is 372 Å². The Labute approximate surface area is 446 Å². The molecule has 2 rings (SSSR count). The summed E-state index contributed by atoms with van der Waals surface area (Å²) >= 11 is 0. The molecule has 20 heteroatoms. The minimum atomic E-state index is -1.59. The van der Waals surface area contributed by atoms with Crippen LogP contribution in [0.1, 0.15) is 176 Å². The van der Waals surface area contributed by atoms with E-state index in [0.717, 1.165) is 12.0 Å². The van der Waals surface area contributed by atoms with E-state index in [1.54, 1.807) is 6.92 Å². The summed E-state index contributed by atoms with van der Waals surface area (Å²) in [6.45, 7) is 10.9. The molecule has 20 atom stereocenters. The number of carbonyl (C=O) groups is 1. The van der Waals surface area contributed by atoms with Crippen LogP contribution in [0.25, 0.3) is 0 Å². The number of hydrogen-bond acceptors (Lipinski definition) is 18. The van der Waals surface area contributed by atoms with E-state index in [-0.39, 0.29) is 49.9 Å². The molecular weight excluding hydrogens is 975 g/mol. The predicted molar refractivity (Wildman–Crippen MR) is 284 cm³/mol. The van der Waals surface area contributed by atoms with E-state index in [0.29, 0.717) is 108 Å². The van der Waals surface area contributed by atoms with Crippen molar-refractivity contribution in [2.45, 2.75) is 274 Å². The number of esters is 1. The Morgan fingerprint density at radius 1 is 0.733 bits per heavy atom. The smallest absolute Gasteiger partial charge is 0.311 e. The second kappa shape index (κ2) is 36.7. The lowest BCUT2D eigenvalue weighted by Gasteiger charge is -2.34. The molecule has 75 heavy (non-hydrogen) atoms. The van der Waals surface area contributed by atoms with Gasteiger partial charge in [0.2, 0.25) is 0 Å². The van der Waals surface area contributed by atoms with Crippen molar-refractivity contribution >= 4 is 11.9 Å². The minimum Gasteiger partial charge on any atom is -0.461 e. The largest absolute Gasteiger partial charge is 0.461 e. The number of nitrogens with zero attached hydrogens (tertiary/aromatic N) is 1. The van der Waals surface area contributed by atoms with Crippen LogP contribution in [0.2, 0.25) is 0 Å². The summed E-state index contributed by atoms with van der Waals surface area (Å²) in [6, 6.07) is 0. The van der Waals surface area contributed by atoms with E-state index < -0.39 is 122 Å². The Balaban J connectivity index is 2.34. The lowest BCUT2D eigenvalue weighted by Crippen LogP contribution is -2.42. The Hall–Kier alpha value is -2.38. The van der Waals surface area contributed by atoms with Gasteiger partial charge in [-0.25, -0.2) is 0 Å². The van der Waals surface area contributed by atoms with E-state index in [1.165, 1.54) is 6.08 Å². The second-order valence-corrected chi connectivity index (χ2v) is 22.2. The van der Waals surface area contributed by atoms with Crippen LogP contribution in [0.15, 0.2) is 28.3 Å². The number of allylic oxidation sites excluding steroid dienone is 1. The Bertz CT molecular complexity index is 1640. The van der Waals surface area contributed by atoms with E-state index >= 15 is 0 Å². The van der Waals surface area contributed by atoms with Crippen molar-refractivity contribution in [3.8, 4) is 0 Å². The molecule has 2 heterocycles. The summed E-state index contributed by atoms with van der Waals surface area (Å²) in [5.41, 5.74) is 12.4. The molecule has 0 aromatic rings. The third-order valence-corrected chi connectivity index (χ3v) is 15.2. The van der Waals surface area contributed by atoms with Crippen molar-refractivity contribution in [2.75, 3.05) is 13.2 Å². The van der Waals surface area contributed by atoms with Crippen molar-refractivity contribution < 1.29 is 85.4 Å². The van der Waals surface area contributed by atoms with Crippen LogP contribution in [0, 0.1) is 23.7 Å². The molecule has 440 valence electrons. The molecule has 0 aromatic carbocycles. The summed E-state index contributed by atoms with van der Waals surface area (Å²) in [5, 5.41) is 141. The number of aliphatic hydroxyl groups is 13. The van der Waals surface area contributed by atoms with Crippen LogP contribution < -0.4 is 11.5 Å². The van der Waals surface area contributed by atoms with Gasteiger partial charge in [0.1, 0.15) is 30.5 Å². The first-order valence-electron chi connectivity index (χ1n) is 28.1. The monoisotopic (exact) mass is 1080 g/mol. The molecule has 1 fully saturated rings. The van der Waals surface area contributed by atoms with Crippen LogP contribution in [0.4, 0.5) is 0 Å². The van der Waals surface area contributed by atoms with E-state index in [9.17, 15) is 71.2 Å². The van der Waals surface area contributed by atoms with Gasteiger partial charge in [-0.1, -0.05) is 64.7 Å². The van der Waals surface area contributed by atoms with E-state index in [2.05, 4.69) is 4.99 Å². The number of guanidine groups is 1. The first-order chi connectivity index (χ1) is 35.4. The number of cyclic esters (lactones) is 1. The van der Waals surface area contributed by atoms with Crippen LogP contribution in [-0.4, -0.2) is 189 Å². The fourth-order valence-electron chi connectivity index (χ4n) is 10.3. The fourth-order valence-corrected chi connectivity index (χ4v) is 10.3. The zero-order valence-corrected chi connectivity index (χ0v) is 46.0. The van der Waals surface area contributed by atoms with E-state index in [1.807, 2.05) is 40.7 Å². The van der Waals surface area contributed by atoms with Gasteiger partial charge in [-0.2, -0.15) is 0 Å². The highest BCUT2D eigenvalue weighted by Gasteiger charge is 2.45. The van der Waals surface area contributed by atoms with Crippen molar-refractivity contribution in [1.29, 1.82) is 0 Å². The van der Waals surface area contributed by atoms with E-state index in [4.69, 9.17) is 25.7 Å². The van der Waals surface area contributed by atoms with Crippen LogP contribution in [0.5, 0.6) is 0 Å². The SMILES string of the molecule is CCCCC1C(=O)OC(C(C)C(O)CCCN=C(N)N)C(C)/C=C(\C)CCCCC(O)CC(O)CC(O)CC(O)CC(O)C(OC2OC(CO)C(O)C2O)/C=C(\C)C(O)CCCC(O)CCCC(O)CCC(C)C1O. The molecule has 2 aliphatic rings. The van der Waals surface area contributed by atoms with Gasteiger partial charge in [0.05, 0.1) is 73.6 Å². The third-order valence-electron chi connectivity index (χ3n) is 15.2. The maximum atomic E-state index is 14.2. The maximum absolute atomic E-state index is 14.2. The molecule has 0 amide bonds. The molecule has 20 nitrogen and oxygen atoms in total. The minimum absolute atomic E-state index is 0.0266. The Morgan fingerprint density at radius 3 is 1.92 bits per heavy atom. The molecule has 0 spiro atoms. The number of aliphatic hydroxyl groups excluding tert-OH is 13. The molecular formula is C55H103N3O17. The second-order valence-electron chi connectivity index (χ2n) is 22.2. The quantitative estimate of drug-likeness (QED) is 0.0438. The highest BCUT2D eigenvalue weighted by Crippen LogP contribution is 2.32. The molecule has 20 unspecified atom stereocenters. The van der Waals surface area contributed by atoms with Crippen molar-refractivity contribution in [2.24, 2.45) is 40.1 Å². The summed E-state index contributed by atoms with van der Waals surface area (Å²) in [5.74, 6) is -2.64. The van der Waals surface area contributed by atoms with Gasteiger partial charge >= 0.3 is 5.97 Å². The number of unbranched alkanes of at least 4 members (excludes halogenated alkanes) is 1. The van der Waals surface area contributed by atoms with Crippen molar-refractivity contribution in [3.63, 3.8) is 0 Å². The van der Waals surface area contributed by atoms with Gasteiger partial charge in [-0.15, -0.1) is 0 Å². The summed E-state index contributed by atoms with van der Waals surface area (Å²) in [4.78, 5) is 18.2. The van der Waals surface area contributed by atoms with Gasteiger partial charge in [0, 0.05) is 24.8 Å². The van der Waals surface area contributed by atoms with Gasteiger partial charge in [0.15, 0.2) is 12.2 Å². The Morgan fingerprint density at radius 2 is 1.32 bits per heavy atom. The van der Waals surface area contributed by atoms with Gasteiger partial charge in [0.25, 0.3) is 0 Å². The van der Waals surface area contributed by atoms with Crippen molar-refractivity contribution in [3.05, 3.63) is 23.3 Å². The summed E-state index contributed by atoms with van der Waals surface area (Å²) in [7, 11) is 0. The lowest BCUT2D eigenvalue weighted by molar-refractivity contribution is -0.202. The molecule has 0 bridgehead atoms. The molecule has 2 aliphatic heterocycles. The summed E-state index contributed by atoms with van der Waals surface area (Å²) in [6.07, 6.45) is -7.42. The first kappa shape index (κ1) is 68.7. The van der Waals surface area contributed by atoms with Crippen LogP contribution in [0.3, 0.4) is 0 Å². The highest BCUT2D eigenvalue weighted by atomic mass is 16.7. The number of ether oxygens (including phenoxy) is 3. The molecule has 17 N–H and O–H groups in total. The van der Waals surface area contributed by atoms with Crippen LogP contribution >= 0.6 is 0 Å². The molecule has 0 aliphatic carbocycles.